The lowest BCUT2D eigenvalue weighted by atomic mass is 10.1. The van der Waals surface area contributed by atoms with E-state index in [9.17, 15) is 10.1 Å². The van der Waals surface area contributed by atoms with E-state index in [2.05, 4.69) is 0 Å². The van der Waals surface area contributed by atoms with E-state index < -0.39 is 6.23 Å². The number of hydrogen-bond acceptors (Lipinski definition) is 4. The molecule has 0 aromatic carbocycles. The number of morpholine rings is 2. The van der Waals surface area contributed by atoms with E-state index >= 15 is 0 Å². The van der Waals surface area contributed by atoms with E-state index in [1.54, 1.807) is 0 Å². The van der Waals surface area contributed by atoms with Crippen LogP contribution in [0.2, 0.25) is 0 Å². The summed E-state index contributed by atoms with van der Waals surface area (Å²) >= 11 is 0. The van der Waals surface area contributed by atoms with Crippen LogP contribution in [0.25, 0.3) is 0 Å². The van der Waals surface area contributed by atoms with Crippen molar-refractivity contribution in [2.75, 3.05) is 19.6 Å². The minimum Gasteiger partial charge on any atom is -0.310 e. The molecule has 3 aliphatic rings. The van der Waals surface area contributed by atoms with Crippen LogP contribution >= 0.6 is 0 Å². The fourth-order valence-corrected chi connectivity index (χ4v) is 1.36. The molecule has 0 spiro atoms. The van der Waals surface area contributed by atoms with Gasteiger partial charge in [0.15, 0.2) is 0 Å². The predicted octanol–water partition coefficient (Wildman–Crippen LogP) is -0.696. The molecule has 2 bridgehead atoms. The second kappa shape index (κ2) is 1.90. The molecule has 0 saturated carbocycles. The van der Waals surface area contributed by atoms with Crippen LogP contribution in [-0.2, 0) is 4.74 Å². The third-order valence-corrected chi connectivity index (χ3v) is 1.92. The van der Waals surface area contributed by atoms with Crippen LogP contribution in [0.3, 0.4) is 0 Å². The highest BCUT2D eigenvalue weighted by molar-refractivity contribution is 4.85. The highest BCUT2D eigenvalue weighted by Gasteiger charge is 2.42. The molecule has 3 saturated heterocycles. The average molecular weight is 144 g/mol. The summed E-state index contributed by atoms with van der Waals surface area (Å²) in [7, 11) is 0. The summed E-state index contributed by atoms with van der Waals surface area (Å²) < 4.78 is 5.07. The zero-order valence-corrected chi connectivity index (χ0v) is 5.40. The first-order chi connectivity index (χ1) is 4.75. The maximum atomic E-state index is 10.2. The highest BCUT2D eigenvalue weighted by atomic mass is 16.7. The van der Waals surface area contributed by atoms with Gasteiger partial charge in [0.2, 0.25) is 0 Å². The third-order valence-electron chi connectivity index (χ3n) is 1.92. The number of fused-ring (bicyclic) bond motifs is 2. The van der Waals surface area contributed by atoms with Gasteiger partial charge < -0.3 is 4.74 Å². The molecule has 1 unspecified atom stereocenters. The zero-order chi connectivity index (χ0) is 7.14. The van der Waals surface area contributed by atoms with E-state index in [0.29, 0.717) is 6.54 Å². The molecule has 1 atom stereocenters. The molecule has 3 aliphatic heterocycles. The standard InChI is InChI=1S/C5H8N2O3/c8-7(9)5-3-6-1-4(2-6)10-5/h4-5H,1-3H2. The van der Waals surface area contributed by atoms with E-state index in [4.69, 9.17) is 4.74 Å². The lowest BCUT2D eigenvalue weighted by molar-refractivity contribution is -0.593. The second-order valence-electron chi connectivity index (χ2n) is 2.72. The van der Waals surface area contributed by atoms with Crippen LogP contribution in [-0.4, -0.2) is 41.8 Å². The number of hydrogen-bond donors (Lipinski definition) is 0. The zero-order valence-electron chi connectivity index (χ0n) is 5.40. The van der Waals surface area contributed by atoms with Gasteiger partial charge in [-0.3, -0.25) is 15.0 Å². The molecule has 3 fully saturated rings. The molecule has 0 aromatic rings. The largest absolute Gasteiger partial charge is 0.328 e. The van der Waals surface area contributed by atoms with E-state index in [1.807, 2.05) is 4.90 Å². The summed E-state index contributed by atoms with van der Waals surface area (Å²) in [4.78, 5) is 11.8. The van der Waals surface area contributed by atoms with Crippen molar-refractivity contribution in [2.24, 2.45) is 0 Å². The maximum Gasteiger partial charge on any atom is 0.328 e. The highest BCUT2D eigenvalue weighted by Crippen LogP contribution is 2.20. The average Bonchev–Trinajstić information content (AvgIpc) is 1.86. The van der Waals surface area contributed by atoms with Crippen molar-refractivity contribution in [1.82, 2.24) is 4.90 Å². The molecule has 10 heavy (non-hydrogen) atoms. The van der Waals surface area contributed by atoms with Crippen molar-refractivity contribution in [2.45, 2.75) is 12.3 Å². The summed E-state index contributed by atoms with van der Waals surface area (Å²) in [5.41, 5.74) is 0. The quantitative estimate of drug-likeness (QED) is 0.361. The van der Waals surface area contributed by atoms with E-state index in [-0.39, 0.29) is 11.0 Å². The first kappa shape index (κ1) is 6.06. The first-order valence-electron chi connectivity index (χ1n) is 3.27. The Hall–Kier alpha value is -0.680. The molecule has 0 aliphatic carbocycles. The Morgan fingerprint density at radius 3 is 2.50 bits per heavy atom. The third kappa shape index (κ3) is 0.783. The van der Waals surface area contributed by atoms with Crippen LogP contribution in [0, 0.1) is 10.1 Å². The van der Waals surface area contributed by atoms with Gasteiger partial charge in [-0.15, -0.1) is 0 Å². The Morgan fingerprint density at radius 2 is 2.20 bits per heavy atom. The van der Waals surface area contributed by atoms with Gasteiger partial charge in [-0.25, -0.2) is 0 Å². The molecule has 0 amide bonds. The Bertz CT molecular complexity index is 156. The van der Waals surface area contributed by atoms with Crippen molar-refractivity contribution >= 4 is 0 Å². The van der Waals surface area contributed by atoms with Crippen molar-refractivity contribution in [3.8, 4) is 0 Å². The minimum absolute atomic E-state index is 0.129. The van der Waals surface area contributed by atoms with E-state index in [1.165, 1.54) is 0 Å². The van der Waals surface area contributed by atoms with Gasteiger partial charge in [-0.1, -0.05) is 0 Å². The Morgan fingerprint density at radius 1 is 1.50 bits per heavy atom. The van der Waals surface area contributed by atoms with Gasteiger partial charge in [0.1, 0.15) is 0 Å². The molecule has 5 heteroatoms. The van der Waals surface area contributed by atoms with Gasteiger partial charge in [0.05, 0.1) is 17.6 Å². The molecule has 56 valence electrons. The fraction of sp³-hybridized carbons (Fsp3) is 1.00. The molecular formula is C5H8N2O3. The SMILES string of the molecule is O=[N+]([O-])C1CN2CC(C2)O1. The lowest BCUT2D eigenvalue weighted by Gasteiger charge is -2.44. The van der Waals surface area contributed by atoms with Crippen LogP contribution in [0.1, 0.15) is 0 Å². The lowest BCUT2D eigenvalue weighted by Crippen LogP contribution is -2.63. The van der Waals surface area contributed by atoms with Crippen molar-refractivity contribution in [1.29, 1.82) is 0 Å². The van der Waals surface area contributed by atoms with Gasteiger partial charge in [0.25, 0.3) is 0 Å². The maximum absolute atomic E-state index is 10.2. The topological polar surface area (TPSA) is 55.6 Å². The molecule has 0 aromatic heterocycles. The van der Waals surface area contributed by atoms with E-state index in [0.717, 1.165) is 13.1 Å². The molecular weight excluding hydrogens is 136 g/mol. The Labute approximate surface area is 57.7 Å². The van der Waals surface area contributed by atoms with Crippen molar-refractivity contribution < 1.29 is 9.66 Å². The minimum atomic E-state index is -0.771. The molecule has 5 nitrogen and oxygen atoms in total. The Balaban J connectivity index is 1.97. The molecule has 0 N–H and O–H groups in total. The van der Waals surface area contributed by atoms with Crippen LogP contribution < -0.4 is 0 Å². The van der Waals surface area contributed by atoms with Gasteiger partial charge >= 0.3 is 6.23 Å². The van der Waals surface area contributed by atoms with Crippen LogP contribution in [0.4, 0.5) is 0 Å². The summed E-state index contributed by atoms with van der Waals surface area (Å²) in [5, 5.41) is 10.2. The van der Waals surface area contributed by atoms with Gasteiger partial charge in [-0.05, 0) is 0 Å². The molecule has 3 heterocycles. The van der Waals surface area contributed by atoms with Gasteiger partial charge in [-0.2, -0.15) is 0 Å². The smallest absolute Gasteiger partial charge is 0.310 e. The fourth-order valence-electron chi connectivity index (χ4n) is 1.36. The van der Waals surface area contributed by atoms with Crippen LogP contribution in [0.15, 0.2) is 0 Å². The molecule has 0 radical (unpaired) electrons. The summed E-state index contributed by atoms with van der Waals surface area (Å²) in [5.74, 6) is 0. The predicted molar refractivity (Wildman–Crippen MR) is 32.1 cm³/mol. The Kier molecular flexibility index (Phi) is 1.15. The van der Waals surface area contributed by atoms with Crippen molar-refractivity contribution in [3.63, 3.8) is 0 Å². The number of rotatable bonds is 1. The summed E-state index contributed by atoms with van der Waals surface area (Å²) in [6.07, 6.45) is -0.642. The second-order valence-corrected chi connectivity index (χ2v) is 2.72. The van der Waals surface area contributed by atoms with Crippen LogP contribution in [0.5, 0.6) is 0 Å². The first-order valence-corrected chi connectivity index (χ1v) is 3.27. The number of nitrogens with zero attached hydrogens (tertiary/aromatic N) is 2. The van der Waals surface area contributed by atoms with Gasteiger partial charge in [0, 0.05) is 13.1 Å². The summed E-state index contributed by atoms with van der Waals surface area (Å²) in [6, 6.07) is 0. The number of nitro groups is 1. The monoisotopic (exact) mass is 144 g/mol. The summed E-state index contributed by atoms with van der Waals surface area (Å²) in [6.45, 7) is 2.22. The number of ether oxygens (including phenoxy) is 1. The van der Waals surface area contributed by atoms with Crippen molar-refractivity contribution in [3.05, 3.63) is 10.1 Å². The molecule has 3 rings (SSSR count). The normalized spacial score (nSPS) is 44.2.